The molecule has 5 heteroatoms. The maximum atomic E-state index is 13.1. The van der Waals surface area contributed by atoms with Crippen LogP contribution in [0.1, 0.15) is 54.4 Å². The normalized spacial score (nSPS) is 15.3. The van der Waals surface area contributed by atoms with Crippen molar-refractivity contribution in [3.05, 3.63) is 53.5 Å². The number of likely N-dealkylation sites (N-methyl/N-ethyl adjacent to an activating group) is 1. The van der Waals surface area contributed by atoms with Gasteiger partial charge in [0.25, 0.3) is 5.91 Å². The van der Waals surface area contributed by atoms with E-state index in [1.54, 1.807) is 6.26 Å². The SMILES string of the molecule is CCN(CC)C(CNC(=O)c1cc(C)ccc1N1CCCC1)c1ccco1. The number of rotatable bonds is 8. The number of amides is 1. The highest BCUT2D eigenvalue weighted by Crippen LogP contribution is 2.26. The van der Waals surface area contributed by atoms with E-state index in [-0.39, 0.29) is 11.9 Å². The number of carbonyl (C=O) groups is 1. The highest BCUT2D eigenvalue weighted by Gasteiger charge is 2.24. The van der Waals surface area contributed by atoms with E-state index in [9.17, 15) is 4.79 Å². The molecule has 1 aromatic heterocycles. The van der Waals surface area contributed by atoms with Crippen LogP contribution in [-0.2, 0) is 0 Å². The van der Waals surface area contributed by atoms with Crippen LogP contribution in [0.4, 0.5) is 5.69 Å². The lowest BCUT2D eigenvalue weighted by atomic mass is 10.1. The third-order valence-corrected chi connectivity index (χ3v) is 5.42. The van der Waals surface area contributed by atoms with Crippen molar-refractivity contribution in [2.45, 2.75) is 39.7 Å². The monoisotopic (exact) mass is 369 g/mol. The fraction of sp³-hybridized carbons (Fsp3) is 0.500. The Balaban J connectivity index is 1.77. The van der Waals surface area contributed by atoms with Crippen molar-refractivity contribution >= 4 is 11.6 Å². The molecule has 0 bridgehead atoms. The van der Waals surface area contributed by atoms with Gasteiger partial charge in [-0.05, 0) is 57.1 Å². The fourth-order valence-corrected chi connectivity index (χ4v) is 3.91. The largest absolute Gasteiger partial charge is 0.468 e. The summed E-state index contributed by atoms with van der Waals surface area (Å²) in [6.07, 6.45) is 4.08. The van der Waals surface area contributed by atoms with Gasteiger partial charge in [0.15, 0.2) is 0 Å². The standard InChI is InChI=1S/C22H31N3O2/c1-4-24(5-2)20(21-9-8-14-27-21)16-23-22(26)18-15-17(3)10-11-19(18)25-12-6-7-13-25/h8-11,14-15,20H,4-7,12-13,16H2,1-3H3,(H,23,26). The minimum atomic E-state index is -0.00990. The van der Waals surface area contributed by atoms with Crippen LogP contribution in [0.5, 0.6) is 0 Å². The first-order valence-electron chi connectivity index (χ1n) is 10.0. The highest BCUT2D eigenvalue weighted by molar-refractivity contribution is 6.00. The van der Waals surface area contributed by atoms with Gasteiger partial charge in [0.1, 0.15) is 5.76 Å². The second-order valence-corrected chi connectivity index (χ2v) is 7.18. The molecular weight excluding hydrogens is 338 g/mol. The maximum Gasteiger partial charge on any atom is 0.253 e. The molecule has 0 saturated carbocycles. The van der Waals surface area contributed by atoms with Gasteiger partial charge in [0.2, 0.25) is 0 Å². The average molecular weight is 370 g/mol. The van der Waals surface area contributed by atoms with Gasteiger partial charge >= 0.3 is 0 Å². The molecule has 1 atom stereocenters. The molecule has 1 aliphatic rings. The van der Waals surface area contributed by atoms with Gasteiger partial charge in [-0.25, -0.2) is 0 Å². The number of anilines is 1. The maximum absolute atomic E-state index is 13.1. The summed E-state index contributed by atoms with van der Waals surface area (Å²) >= 11 is 0. The van der Waals surface area contributed by atoms with Crippen LogP contribution >= 0.6 is 0 Å². The van der Waals surface area contributed by atoms with Crippen molar-refractivity contribution in [1.29, 1.82) is 0 Å². The van der Waals surface area contributed by atoms with Crippen molar-refractivity contribution in [2.75, 3.05) is 37.6 Å². The lowest BCUT2D eigenvalue weighted by Crippen LogP contribution is -2.38. The molecule has 2 heterocycles. The summed E-state index contributed by atoms with van der Waals surface area (Å²) in [6, 6.07) is 10.1. The van der Waals surface area contributed by atoms with E-state index >= 15 is 0 Å². The Morgan fingerprint density at radius 3 is 2.59 bits per heavy atom. The van der Waals surface area contributed by atoms with Gasteiger partial charge in [0.05, 0.1) is 17.9 Å². The summed E-state index contributed by atoms with van der Waals surface area (Å²) in [5.74, 6) is 0.882. The van der Waals surface area contributed by atoms with Crippen molar-refractivity contribution < 1.29 is 9.21 Å². The summed E-state index contributed by atoms with van der Waals surface area (Å²) in [6.45, 7) is 10.7. The van der Waals surface area contributed by atoms with Crippen LogP contribution in [0.15, 0.2) is 41.0 Å². The first-order valence-corrected chi connectivity index (χ1v) is 10.0. The number of furan rings is 1. The molecule has 1 fully saturated rings. The molecule has 1 saturated heterocycles. The minimum absolute atomic E-state index is 0.00990. The Kier molecular flexibility index (Phi) is 6.56. The Labute approximate surface area is 162 Å². The Morgan fingerprint density at radius 2 is 1.96 bits per heavy atom. The molecule has 0 spiro atoms. The summed E-state index contributed by atoms with van der Waals surface area (Å²) < 4.78 is 5.64. The second kappa shape index (κ2) is 9.09. The van der Waals surface area contributed by atoms with E-state index in [1.165, 1.54) is 12.8 Å². The van der Waals surface area contributed by atoms with E-state index in [0.29, 0.717) is 6.54 Å². The van der Waals surface area contributed by atoms with Crippen molar-refractivity contribution in [3.8, 4) is 0 Å². The van der Waals surface area contributed by atoms with Crippen molar-refractivity contribution in [1.82, 2.24) is 10.2 Å². The van der Waals surface area contributed by atoms with Crippen LogP contribution < -0.4 is 10.2 Å². The fourth-order valence-electron chi connectivity index (χ4n) is 3.91. The predicted molar refractivity (Wildman–Crippen MR) is 109 cm³/mol. The first kappa shape index (κ1) is 19.5. The third kappa shape index (κ3) is 4.53. The van der Waals surface area contributed by atoms with Gasteiger partial charge in [-0.2, -0.15) is 0 Å². The lowest BCUT2D eigenvalue weighted by Gasteiger charge is -2.28. The average Bonchev–Trinajstić information content (AvgIpc) is 3.38. The van der Waals surface area contributed by atoms with Crippen LogP contribution in [0.3, 0.4) is 0 Å². The van der Waals surface area contributed by atoms with E-state index in [0.717, 1.165) is 48.8 Å². The minimum Gasteiger partial charge on any atom is -0.468 e. The number of aryl methyl sites for hydroxylation is 1. The first-order chi connectivity index (χ1) is 13.1. The Hall–Kier alpha value is -2.27. The topological polar surface area (TPSA) is 48.7 Å². The number of carbonyl (C=O) groups excluding carboxylic acids is 1. The van der Waals surface area contributed by atoms with E-state index in [2.05, 4.69) is 41.1 Å². The number of nitrogens with zero attached hydrogens (tertiary/aromatic N) is 2. The van der Waals surface area contributed by atoms with E-state index in [1.807, 2.05) is 25.1 Å². The molecule has 1 unspecified atom stereocenters. The molecule has 1 amide bonds. The molecular formula is C22H31N3O2. The molecule has 5 nitrogen and oxygen atoms in total. The van der Waals surface area contributed by atoms with Gasteiger partial charge < -0.3 is 14.6 Å². The quantitative estimate of drug-likeness (QED) is 0.764. The highest BCUT2D eigenvalue weighted by atomic mass is 16.3. The summed E-state index contributed by atoms with van der Waals surface area (Å²) in [5.41, 5.74) is 2.93. The third-order valence-electron chi connectivity index (χ3n) is 5.42. The predicted octanol–water partition coefficient (Wildman–Crippen LogP) is 4.00. The number of nitrogens with one attached hydrogen (secondary N) is 1. The van der Waals surface area contributed by atoms with Crippen LogP contribution in [0, 0.1) is 6.92 Å². The molecule has 1 N–H and O–H groups in total. The van der Waals surface area contributed by atoms with Crippen LogP contribution in [0.2, 0.25) is 0 Å². The van der Waals surface area contributed by atoms with E-state index < -0.39 is 0 Å². The van der Waals surface area contributed by atoms with Crippen LogP contribution in [-0.4, -0.2) is 43.5 Å². The summed E-state index contributed by atoms with van der Waals surface area (Å²) in [5, 5.41) is 3.16. The van der Waals surface area contributed by atoms with Crippen molar-refractivity contribution in [3.63, 3.8) is 0 Å². The number of hydrogen-bond donors (Lipinski definition) is 1. The molecule has 2 aromatic rings. The summed E-state index contributed by atoms with van der Waals surface area (Å²) in [7, 11) is 0. The van der Waals surface area contributed by atoms with Gasteiger partial charge in [-0.3, -0.25) is 9.69 Å². The molecule has 0 radical (unpaired) electrons. The van der Waals surface area contributed by atoms with E-state index in [4.69, 9.17) is 4.42 Å². The lowest BCUT2D eigenvalue weighted by molar-refractivity contribution is 0.0930. The Morgan fingerprint density at radius 1 is 1.22 bits per heavy atom. The Bertz CT molecular complexity index is 732. The van der Waals surface area contributed by atoms with Gasteiger partial charge in [-0.15, -0.1) is 0 Å². The molecule has 0 aliphatic carbocycles. The smallest absolute Gasteiger partial charge is 0.253 e. The van der Waals surface area contributed by atoms with Gasteiger partial charge in [0, 0.05) is 25.3 Å². The molecule has 1 aliphatic heterocycles. The molecule has 146 valence electrons. The molecule has 1 aromatic carbocycles. The zero-order valence-electron chi connectivity index (χ0n) is 16.7. The zero-order valence-corrected chi connectivity index (χ0v) is 16.7. The molecule has 27 heavy (non-hydrogen) atoms. The molecule has 3 rings (SSSR count). The second-order valence-electron chi connectivity index (χ2n) is 7.18. The zero-order chi connectivity index (χ0) is 19.2. The summed E-state index contributed by atoms with van der Waals surface area (Å²) in [4.78, 5) is 17.7. The number of benzene rings is 1. The number of hydrogen-bond acceptors (Lipinski definition) is 4. The van der Waals surface area contributed by atoms with Gasteiger partial charge in [-0.1, -0.05) is 25.5 Å². The van der Waals surface area contributed by atoms with Crippen LogP contribution in [0.25, 0.3) is 0 Å². The van der Waals surface area contributed by atoms with Crippen molar-refractivity contribution in [2.24, 2.45) is 0 Å².